The maximum atomic E-state index is 2.53. The van der Waals surface area contributed by atoms with Crippen molar-refractivity contribution in [1.82, 2.24) is 0 Å². The van der Waals surface area contributed by atoms with Gasteiger partial charge in [-0.1, -0.05) is 347 Å². The fraction of sp³-hybridized carbons (Fsp3) is 0.159. The quantitative estimate of drug-likeness (QED) is 0.0554. The number of fused-ring (bicyclic) bond motifs is 22. The normalized spacial score (nSPS) is 14.4. The minimum absolute atomic E-state index is 0.0331. The highest BCUT2D eigenvalue weighted by Crippen LogP contribution is 2.61. The van der Waals surface area contributed by atoms with E-state index >= 15 is 0 Å². The van der Waals surface area contributed by atoms with Crippen molar-refractivity contribution >= 4 is 123 Å². The van der Waals surface area contributed by atoms with E-state index in [0.29, 0.717) is 0 Å². The van der Waals surface area contributed by atoms with Crippen LogP contribution in [0.1, 0.15) is 174 Å². The first-order chi connectivity index (χ1) is 63.0. The molecule has 19 aromatic rings. The molecule has 0 aliphatic heterocycles. The lowest BCUT2D eigenvalue weighted by atomic mass is 9.72. The van der Waals surface area contributed by atoms with Crippen LogP contribution in [0.2, 0.25) is 0 Å². The number of hydrogen-bond acceptors (Lipinski definition) is 2. The zero-order valence-corrected chi connectivity index (χ0v) is 74.5. The van der Waals surface area contributed by atoms with Crippen molar-refractivity contribution in [3.05, 3.63) is 431 Å². The van der Waals surface area contributed by atoms with Crippen LogP contribution in [0.3, 0.4) is 0 Å². The average Bonchev–Trinajstić information content (AvgIpc) is 1.57. The Balaban J connectivity index is 0.609. The average molecular weight is 1650 g/mol. The molecule has 0 fully saturated rings. The highest BCUT2D eigenvalue weighted by atomic mass is 15.1. The van der Waals surface area contributed by atoms with Gasteiger partial charge in [0.05, 0.1) is 0 Å². The van der Waals surface area contributed by atoms with Gasteiger partial charge in [-0.15, -0.1) is 0 Å². The highest BCUT2D eigenvalue weighted by Gasteiger charge is 2.46. The van der Waals surface area contributed by atoms with Gasteiger partial charge in [0.15, 0.2) is 0 Å². The zero-order valence-electron chi connectivity index (χ0n) is 74.5. The summed E-state index contributed by atoms with van der Waals surface area (Å²) in [5.74, 6) is 0. The fourth-order valence-electron chi connectivity index (χ4n) is 24.7. The SMILES string of the molecule is CCC1(CC)c2ccccc2-c2cc3ccc(N(c4ccc(/C=C/c5ccc6c(-c7ccccc7)c(-c7ccccc7)c7ccc(/C=C/c8ccc(N(c9ccc%10c%11c(ccc%10c9)-c9ccccc9C%11(CC)CC)c9ccc%10c%11c(ccc%10c9)-c9ccccc9C%11(CC)CC)cc8)cc7c6c5)cc4)c4ccc5c6c(ccc5c4)-c4ccccc4C6(CC)CC)cc3cc21. The molecular formula is C126H104N2. The van der Waals surface area contributed by atoms with Crippen LogP contribution in [0, 0.1) is 0 Å². The largest absolute Gasteiger partial charge is 0.310 e. The number of anilines is 6. The lowest BCUT2D eigenvalue weighted by Crippen LogP contribution is -2.23. The Kier molecular flexibility index (Phi) is 18.9. The Morgan fingerprint density at radius 2 is 0.477 bits per heavy atom. The number of nitrogens with zero attached hydrogens (tertiary/aromatic N) is 2. The number of hydrogen-bond donors (Lipinski definition) is 0. The van der Waals surface area contributed by atoms with Crippen LogP contribution < -0.4 is 9.80 Å². The van der Waals surface area contributed by atoms with Gasteiger partial charge in [0, 0.05) is 55.8 Å². The third-order valence-electron chi connectivity index (χ3n) is 31.2. The van der Waals surface area contributed by atoms with E-state index in [9.17, 15) is 0 Å². The number of benzene rings is 19. The Bertz CT molecular complexity index is 7220. The monoisotopic (exact) mass is 1640 g/mol. The molecule has 0 radical (unpaired) electrons. The molecule has 0 unspecified atom stereocenters. The predicted octanol–water partition coefficient (Wildman–Crippen LogP) is 35.6. The molecule has 0 saturated heterocycles. The zero-order chi connectivity index (χ0) is 86.3. The molecule has 0 heterocycles. The van der Waals surface area contributed by atoms with E-state index in [2.05, 4.69) is 453 Å². The van der Waals surface area contributed by atoms with Crippen molar-refractivity contribution in [3.63, 3.8) is 0 Å². The first-order valence-corrected chi connectivity index (χ1v) is 47.0. The first-order valence-electron chi connectivity index (χ1n) is 47.0. The Morgan fingerprint density at radius 3 is 0.844 bits per heavy atom. The second-order valence-corrected chi connectivity index (χ2v) is 36.6. The Labute approximate surface area is 753 Å². The fourth-order valence-corrected chi connectivity index (χ4v) is 24.7. The maximum Gasteiger partial charge on any atom is 0.0468 e. The van der Waals surface area contributed by atoms with Crippen LogP contribution in [-0.2, 0) is 21.7 Å². The minimum atomic E-state index is -0.0502. The van der Waals surface area contributed by atoms with Crippen LogP contribution in [0.25, 0.3) is 156 Å². The van der Waals surface area contributed by atoms with Gasteiger partial charge < -0.3 is 9.80 Å². The molecule has 0 aromatic heterocycles. The third-order valence-corrected chi connectivity index (χ3v) is 31.2. The summed E-state index contributed by atoms with van der Waals surface area (Å²) in [5.41, 5.74) is 38.7. The summed E-state index contributed by atoms with van der Waals surface area (Å²) < 4.78 is 0. The van der Waals surface area contributed by atoms with E-state index in [-0.39, 0.29) is 21.7 Å². The standard InChI is InChI=1S/C126H104N2/c1-9-123(10-2)113-39-27-26-38-104(113)112-79-87-53-61-94(78-91(87)80-117(112)123)127(95-62-70-98-88(75-95)54-67-107-101-35-23-28-40-114(101)124(11-3,12-4)120(98)107)92-57-47-81(48-58-92)43-45-83-51-65-105-110(73-83)111-74-84(52-66-106(111)119(86-33-21-18-22-34-86)118(105)85-31-19-17-20-32-85)46-44-82-49-59-93(60-50-82)128(96-63-71-99-89(76-96)55-68-108-102-36-24-29-41-115(102)125(13-5,14-6)121(99)108)97-64-72-100-90(77-97)56-69-109-103-37-25-30-42-116(103)126(15-7,16-8)122(100)109/h17-80H,9-16H2,1-8H3/b45-43+,46-44+. The van der Waals surface area contributed by atoms with E-state index < -0.39 is 0 Å². The van der Waals surface area contributed by atoms with Crippen molar-refractivity contribution in [3.8, 4) is 66.8 Å². The Morgan fingerprint density at radius 1 is 0.188 bits per heavy atom. The molecule has 0 N–H and O–H groups in total. The van der Waals surface area contributed by atoms with Gasteiger partial charge in [-0.25, -0.2) is 0 Å². The van der Waals surface area contributed by atoms with Crippen molar-refractivity contribution in [1.29, 1.82) is 0 Å². The summed E-state index contributed by atoms with van der Waals surface area (Å²) in [6.07, 6.45) is 17.6. The molecule has 23 rings (SSSR count). The predicted molar refractivity (Wildman–Crippen MR) is 550 cm³/mol. The summed E-state index contributed by atoms with van der Waals surface area (Å²) in [7, 11) is 0. The van der Waals surface area contributed by atoms with Crippen LogP contribution in [0.4, 0.5) is 34.1 Å². The second-order valence-electron chi connectivity index (χ2n) is 36.6. The van der Waals surface area contributed by atoms with E-state index in [1.807, 2.05) is 0 Å². The summed E-state index contributed by atoms with van der Waals surface area (Å²) in [6, 6.07) is 140. The van der Waals surface area contributed by atoms with Crippen molar-refractivity contribution in [2.75, 3.05) is 9.80 Å². The molecule has 4 aliphatic rings. The molecule has 0 spiro atoms. The minimum Gasteiger partial charge on any atom is -0.310 e. The molecule has 0 bridgehead atoms. The van der Waals surface area contributed by atoms with E-state index in [0.717, 1.165) is 108 Å². The lowest BCUT2D eigenvalue weighted by molar-refractivity contribution is 0.491. The molecule has 618 valence electrons. The van der Waals surface area contributed by atoms with E-state index in [4.69, 9.17) is 0 Å². The van der Waals surface area contributed by atoms with Crippen LogP contribution in [-0.4, -0.2) is 0 Å². The van der Waals surface area contributed by atoms with Gasteiger partial charge in [-0.2, -0.15) is 0 Å². The third kappa shape index (κ3) is 11.8. The molecule has 4 aliphatic carbocycles. The van der Waals surface area contributed by atoms with Gasteiger partial charge in [0.1, 0.15) is 0 Å². The summed E-state index contributed by atoms with van der Waals surface area (Å²) >= 11 is 0. The van der Waals surface area contributed by atoms with Gasteiger partial charge in [0.2, 0.25) is 0 Å². The second kappa shape index (κ2) is 30.9. The summed E-state index contributed by atoms with van der Waals surface area (Å²) in [6.45, 7) is 19.0. The lowest BCUT2D eigenvalue weighted by Gasteiger charge is -2.32. The van der Waals surface area contributed by atoms with Gasteiger partial charge in [0.25, 0.3) is 0 Å². The topological polar surface area (TPSA) is 6.48 Å². The molecule has 128 heavy (non-hydrogen) atoms. The summed E-state index contributed by atoms with van der Waals surface area (Å²) in [5, 5.41) is 15.2. The Hall–Kier alpha value is -14.2. The number of rotatable bonds is 20. The highest BCUT2D eigenvalue weighted by molar-refractivity contribution is 6.22. The van der Waals surface area contributed by atoms with Gasteiger partial charge in [-0.3, -0.25) is 0 Å². The first kappa shape index (κ1) is 78.5. The summed E-state index contributed by atoms with van der Waals surface area (Å²) in [4.78, 5) is 4.98. The molecule has 0 saturated carbocycles. The smallest absolute Gasteiger partial charge is 0.0468 e. The maximum absolute atomic E-state index is 2.53. The molecule has 0 atom stereocenters. The molecule has 2 nitrogen and oxygen atoms in total. The van der Waals surface area contributed by atoms with E-state index in [1.165, 1.54) is 176 Å². The van der Waals surface area contributed by atoms with Crippen molar-refractivity contribution in [2.45, 2.75) is 128 Å². The van der Waals surface area contributed by atoms with E-state index in [1.54, 1.807) is 0 Å². The van der Waals surface area contributed by atoms with Crippen LogP contribution >= 0.6 is 0 Å². The molecule has 2 heteroatoms. The molecule has 19 aromatic carbocycles. The van der Waals surface area contributed by atoms with Gasteiger partial charge >= 0.3 is 0 Å². The van der Waals surface area contributed by atoms with Crippen molar-refractivity contribution < 1.29 is 0 Å². The molecular weight excluding hydrogens is 1540 g/mol. The molecule has 0 amide bonds. The van der Waals surface area contributed by atoms with Crippen LogP contribution in [0.5, 0.6) is 0 Å². The van der Waals surface area contributed by atoms with Gasteiger partial charge in [-0.05, 0) is 347 Å². The van der Waals surface area contributed by atoms with Crippen molar-refractivity contribution in [2.24, 2.45) is 0 Å². The van der Waals surface area contributed by atoms with Crippen LogP contribution in [0.15, 0.2) is 364 Å².